The van der Waals surface area contributed by atoms with Gasteiger partial charge in [-0.1, -0.05) is 13.0 Å². The second-order valence-corrected chi connectivity index (χ2v) is 5.28. The van der Waals surface area contributed by atoms with Gasteiger partial charge < -0.3 is 15.0 Å². The highest BCUT2D eigenvalue weighted by Gasteiger charge is 2.46. The van der Waals surface area contributed by atoms with Crippen molar-refractivity contribution in [3.05, 3.63) is 23.8 Å². The van der Waals surface area contributed by atoms with Crippen molar-refractivity contribution in [2.24, 2.45) is 0 Å². The molecule has 7 nitrogen and oxygen atoms in total. The number of urea groups is 1. The first-order chi connectivity index (χ1) is 10.5. The predicted octanol–water partition coefficient (Wildman–Crippen LogP) is 0.877. The van der Waals surface area contributed by atoms with E-state index in [0.717, 1.165) is 0 Å². The molecule has 3 rings (SSSR count). The monoisotopic (exact) mass is 303 g/mol. The van der Waals surface area contributed by atoms with Gasteiger partial charge in [-0.05, 0) is 31.0 Å². The highest BCUT2D eigenvalue weighted by atomic mass is 16.5. The summed E-state index contributed by atoms with van der Waals surface area (Å²) in [6, 6.07) is 4.71. The smallest absolute Gasteiger partial charge is 0.322 e. The van der Waals surface area contributed by atoms with Crippen molar-refractivity contribution >= 4 is 23.5 Å². The number of nitrogens with one attached hydrogen (secondary N) is 2. The summed E-state index contributed by atoms with van der Waals surface area (Å²) >= 11 is 0. The Kier molecular flexibility index (Phi) is 3.27. The van der Waals surface area contributed by atoms with Crippen LogP contribution in [0.15, 0.2) is 18.2 Å². The molecule has 0 spiro atoms. The summed E-state index contributed by atoms with van der Waals surface area (Å²) in [5, 5.41) is 4.96. The number of hydrogen-bond donors (Lipinski definition) is 2. The molecule has 1 aromatic carbocycles. The number of anilines is 1. The molecule has 1 aromatic rings. The Labute approximate surface area is 127 Å². The molecule has 2 aliphatic heterocycles. The van der Waals surface area contributed by atoms with Crippen molar-refractivity contribution in [1.82, 2.24) is 10.6 Å². The molecule has 2 aliphatic rings. The number of hydrogen-bond acceptors (Lipinski definition) is 4. The van der Waals surface area contributed by atoms with E-state index in [1.165, 1.54) is 0 Å². The van der Waals surface area contributed by atoms with E-state index < -0.39 is 11.6 Å². The van der Waals surface area contributed by atoms with Crippen LogP contribution in [0.3, 0.4) is 0 Å². The second-order valence-electron chi connectivity index (χ2n) is 5.28. The van der Waals surface area contributed by atoms with E-state index in [4.69, 9.17) is 4.74 Å². The highest BCUT2D eigenvalue weighted by Crippen LogP contribution is 2.37. The molecule has 1 unspecified atom stereocenters. The molecule has 2 N–H and O–H groups in total. The summed E-state index contributed by atoms with van der Waals surface area (Å²) in [6.45, 7) is 4.22. The molecular formula is C15H17N3O4. The number of carbonyl (C=O) groups is 3. The van der Waals surface area contributed by atoms with Gasteiger partial charge in [-0.3, -0.25) is 14.9 Å². The minimum atomic E-state index is -1.11. The maximum Gasteiger partial charge on any atom is 0.322 e. The molecule has 0 aliphatic carbocycles. The lowest BCUT2D eigenvalue weighted by Crippen LogP contribution is -2.44. The molecule has 1 atom stereocenters. The number of ether oxygens (including phenoxy) is 1. The molecular weight excluding hydrogens is 286 g/mol. The fourth-order valence-corrected chi connectivity index (χ4v) is 2.96. The number of amides is 4. The van der Waals surface area contributed by atoms with Gasteiger partial charge in [0, 0.05) is 6.54 Å². The zero-order chi connectivity index (χ0) is 15.9. The predicted molar refractivity (Wildman–Crippen MR) is 78.6 cm³/mol. The second kappa shape index (κ2) is 5.01. The summed E-state index contributed by atoms with van der Waals surface area (Å²) in [6.07, 6.45) is 0.407. The Morgan fingerprint density at radius 1 is 1.27 bits per heavy atom. The van der Waals surface area contributed by atoms with Crippen molar-refractivity contribution in [2.75, 3.05) is 18.1 Å². The first-order valence-electron chi connectivity index (χ1n) is 7.23. The van der Waals surface area contributed by atoms with Crippen LogP contribution in [-0.4, -0.2) is 31.0 Å². The molecule has 2 heterocycles. The zero-order valence-corrected chi connectivity index (χ0v) is 12.4. The first kappa shape index (κ1) is 14.4. The topological polar surface area (TPSA) is 87.7 Å². The molecule has 0 bridgehead atoms. The summed E-state index contributed by atoms with van der Waals surface area (Å²) in [5.74, 6) is 0.0878. The van der Waals surface area contributed by atoms with Crippen LogP contribution >= 0.6 is 0 Å². The van der Waals surface area contributed by atoms with Crippen LogP contribution in [0.4, 0.5) is 10.5 Å². The Hall–Kier alpha value is -2.57. The van der Waals surface area contributed by atoms with E-state index in [-0.39, 0.29) is 18.4 Å². The van der Waals surface area contributed by atoms with Gasteiger partial charge in [-0.25, -0.2) is 4.79 Å². The lowest BCUT2D eigenvalue weighted by molar-refractivity contribution is -0.124. The zero-order valence-electron chi connectivity index (χ0n) is 12.4. The largest absolute Gasteiger partial charge is 0.482 e. The Bertz CT molecular complexity index is 673. The minimum absolute atomic E-state index is 0.0102. The van der Waals surface area contributed by atoms with Gasteiger partial charge in [0.1, 0.15) is 11.3 Å². The van der Waals surface area contributed by atoms with Crippen LogP contribution in [0.2, 0.25) is 0 Å². The van der Waals surface area contributed by atoms with E-state index in [1.807, 2.05) is 13.8 Å². The molecule has 0 aromatic heterocycles. The maximum absolute atomic E-state index is 12.2. The lowest BCUT2D eigenvalue weighted by Gasteiger charge is -2.31. The van der Waals surface area contributed by atoms with Crippen LogP contribution in [0.1, 0.15) is 25.8 Å². The number of rotatable bonds is 3. The van der Waals surface area contributed by atoms with Crippen LogP contribution in [0.25, 0.3) is 0 Å². The average molecular weight is 303 g/mol. The van der Waals surface area contributed by atoms with Crippen LogP contribution < -0.4 is 20.3 Å². The number of imide groups is 1. The molecule has 22 heavy (non-hydrogen) atoms. The number of benzene rings is 1. The number of likely N-dealkylation sites (N-methyl/N-ethyl adjacent to an activating group) is 1. The summed E-state index contributed by atoms with van der Waals surface area (Å²) in [7, 11) is 0. The fourth-order valence-electron chi connectivity index (χ4n) is 2.96. The standard InChI is InChI=1S/C15H17N3O4/c1-3-15(13(20)16-14(21)17-15)9-5-6-11-10(7-9)18(4-2)12(19)8-22-11/h5-7H,3-4,8H2,1-2H3,(H2,16,17,20,21). The van der Waals surface area contributed by atoms with Gasteiger partial charge in [0.25, 0.3) is 11.8 Å². The molecule has 0 radical (unpaired) electrons. The molecule has 0 saturated carbocycles. The summed E-state index contributed by atoms with van der Waals surface area (Å²) in [4.78, 5) is 37.3. The van der Waals surface area contributed by atoms with E-state index in [9.17, 15) is 14.4 Å². The van der Waals surface area contributed by atoms with Gasteiger partial charge in [0.2, 0.25) is 0 Å². The Morgan fingerprint density at radius 3 is 2.64 bits per heavy atom. The van der Waals surface area contributed by atoms with Crippen LogP contribution in [0.5, 0.6) is 5.75 Å². The van der Waals surface area contributed by atoms with Gasteiger partial charge in [0.15, 0.2) is 6.61 Å². The third kappa shape index (κ3) is 1.93. The number of carbonyl (C=O) groups excluding carboxylic acids is 3. The van der Waals surface area contributed by atoms with Crippen molar-refractivity contribution in [3.8, 4) is 5.75 Å². The quantitative estimate of drug-likeness (QED) is 0.811. The van der Waals surface area contributed by atoms with Crippen molar-refractivity contribution in [1.29, 1.82) is 0 Å². The Balaban J connectivity index is 2.10. The minimum Gasteiger partial charge on any atom is -0.482 e. The third-order valence-corrected chi connectivity index (χ3v) is 4.18. The van der Waals surface area contributed by atoms with Gasteiger partial charge in [0.05, 0.1) is 5.69 Å². The van der Waals surface area contributed by atoms with Crippen molar-refractivity contribution < 1.29 is 19.1 Å². The summed E-state index contributed by atoms with van der Waals surface area (Å²) < 4.78 is 5.42. The van der Waals surface area contributed by atoms with Gasteiger partial charge >= 0.3 is 6.03 Å². The Morgan fingerprint density at radius 2 is 2.05 bits per heavy atom. The molecule has 4 amide bonds. The third-order valence-electron chi connectivity index (χ3n) is 4.18. The number of fused-ring (bicyclic) bond motifs is 1. The van der Waals surface area contributed by atoms with Crippen molar-refractivity contribution in [2.45, 2.75) is 25.8 Å². The molecule has 1 saturated heterocycles. The van der Waals surface area contributed by atoms with Crippen LogP contribution in [0, 0.1) is 0 Å². The van der Waals surface area contributed by atoms with Crippen molar-refractivity contribution in [3.63, 3.8) is 0 Å². The highest BCUT2D eigenvalue weighted by molar-refractivity contribution is 6.07. The van der Waals surface area contributed by atoms with E-state index in [2.05, 4.69) is 10.6 Å². The van der Waals surface area contributed by atoms with E-state index in [1.54, 1.807) is 23.1 Å². The fraction of sp³-hybridized carbons (Fsp3) is 0.400. The van der Waals surface area contributed by atoms with Gasteiger partial charge in [-0.2, -0.15) is 0 Å². The normalized spacial score (nSPS) is 23.7. The molecule has 116 valence electrons. The molecule has 7 heteroatoms. The van der Waals surface area contributed by atoms with Crippen LogP contribution in [-0.2, 0) is 15.1 Å². The number of nitrogens with zero attached hydrogens (tertiary/aromatic N) is 1. The maximum atomic E-state index is 12.2. The van der Waals surface area contributed by atoms with E-state index >= 15 is 0 Å². The SMILES string of the molecule is CCN1C(=O)COc2ccc(C3(CC)NC(=O)NC3=O)cc21. The van der Waals surface area contributed by atoms with E-state index in [0.29, 0.717) is 30.0 Å². The molecule has 1 fully saturated rings. The van der Waals surface area contributed by atoms with Gasteiger partial charge in [-0.15, -0.1) is 0 Å². The first-order valence-corrected chi connectivity index (χ1v) is 7.23. The lowest BCUT2D eigenvalue weighted by atomic mass is 9.87. The average Bonchev–Trinajstić information content (AvgIpc) is 2.81. The summed E-state index contributed by atoms with van der Waals surface area (Å²) in [5.41, 5.74) is 0.151.